The zero-order valence-corrected chi connectivity index (χ0v) is 23.2. The first kappa shape index (κ1) is 25.8. The number of anilines is 1. The third-order valence-electron chi connectivity index (χ3n) is 7.12. The third-order valence-corrected chi connectivity index (χ3v) is 9.43. The maximum Gasteiger partial charge on any atom is 0.211 e. The molecule has 1 fully saturated rings. The standard InChI is InChI=1S/C26H30N6O2S3/c1-16-14-31(37(2,33)34)11-10-22(16)32-15-21(18-4-3-5-19(13-18)25(27)35)20-8-6-17(12-23(20)32)7-9-24-29-30-26(28)36-24/h3-6,8,12-13,15-16,22H,7,9-11,14H2,1-2H3,(H2,27,35)(H2,28,30). The van der Waals surface area contributed by atoms with Gasteiger partial charge in [-0.15, -0.1) is 10.2 Å². The lowest BCUT2D eigenvalue weighted by Crippen LogP contribution is -2.42. The van der Waals surface area contributed by atoms with Crippen LogP contribution < -0.4 is 11.5 Å². The third kappa shape index (κ3) is 5.40. The van der Waals surface area contributed by atoms with Gasteiger partial charge in [0.15, 0.2) is 0 Å². The van der Waals surface area contributed by atoms with Crippen molar-refractivity contribution in [2.45, 2.75) is 32.2 Å². The van der Waals surface area contributed by atoms with Crippen molar-refractivity contribution in [2.24, 2.45) is 11.7 Å². The van der Waals surface area contributed by atoms with E-state index in [2.05, 4.69) is 52.2 Å². The number of thiocarbonyl (C=S) groups is 1. The summed E-state index contributed by atoms with van der Waals surface area (Å²) < 4.78 is 28.3. The van der Waals surface area contributed by atoms with Gasteiger partial charge in [0, 0.05) is 53.8 Å². The van der Waals surface area contributed by atoms with Gasteiger partial charge < -0.3 is 16.0 Å². The summed E-state index contributed by atoms with van der Waals surface area (Å²) in [5.74, 6) is 0.155. The molecule has 0 aliphatic carbocycles. The molecule has 2 atom stereocenters. The highest BCUT2D eigenvalue weighted by Gasteiger charge is 2.32. The average molecular weight is 555 g/mol. The average Bonchev–Trinajstić information content (AvgIpc) is 3.45. The molecule has 4 aromatic rings. The minimum Gasteiger partial charge on any atom is -0.389 e. The molecule has 0 spiro atoms. The summed E-state index contributed by atoms with van der Waals surface area (Å²) >= 11 is 6.64. The van der Waals surface area contributed by atoms with Gasteiger partial charge in [0.25, 0.3) is 0 Å². The largest absolute Gasteiger partial charge is 0.389 e. The Morgan fingerprint density at radius 3 is 2.68 bits per heavy atom. The van der Waals surface area contributed by atoms with Gasteiger partial charge in [0.1, 0.15) is 10.00 Å². The number of aryl methyl sites for hydroxylation is 2. The predicted octanol–water partition coefficient (Wildman–Crippen LogP) is 4.00. The summed E-state index contributed by atoms with van der Waals surface area (Å²) in [5, 5.41) is 10.6. The summed E-state index contributed by atoms with van der Waals surface area (Å²) in [4.78, 5) is 0.368. The Labute approximate surface area is 226 Å². The van der Waals surface area contributed by atoms with E-state index in [9.17, 15) is 8.42 Å². The molecular weight excluding hydrogens is 525 g/mol. The van der Waals surface area contributed by atoms with E-state index in [-0.39, 0.29) is 12.0 Å². The number of rotatable bonds is 7. The highest BCUT2D eigenvalue weighted by Crippen LogP contribution is 2.38. The molecule has 37 heavy (non-hydrogen) atoms. The predicted molar refractivity (Wildman–Crippen MR) is 154 cm³/mol. The first-order chi connectivity index (χ1) is 17.6. The Bertz CT molecular complexity index is 1580. The van der Waals surface area contributed by atoms with Crippen LogP contribution in [0.2, 0.25) is 0 Å². The summed E-state index contributed by atoms with van der Waals surface area (Å²) in [6.45, 7) is 3.15. The van der Waals surface area contributed by atoms with Crippen LogP contribution in [0.4, 0.5) is 5.13 Å². The van der Waals surface area contributed by atoms with Gasteiger partial charge in [0.05, 0.1) is 6.26 Å². The van der Waals surface area contributed by atoms with Gasteiger partial charge in [-0.05, 0) is 42.0 Å². The fraction of sp³-hybridized carbons (Fsp3) is 0.346. The molecule has 11 heteroatoms. The highest BCUT2D eigenvalue weighted by molar-refractivity contribution is 7.88. The van der Waals surface area contributed by atoms with E-state index in [1.165, 1.54) is 23.2 Å². The van der Waals surface area contributed by atoms with Crippen molar-refractivity contribution in [3.8, 4) is 11.1 Å². The quantitative estimate of drug-likeness (QED) is 0.331. The van der Waals surface area contributed by atoms with Crippen molar-refractivity contribution in [3.05, 3.63) is 64.8 Å². The van der Waals surface area contributed by atoms with Crippen LogP contribution in [0.15, 0.2) is 48.7 Å². The van der Waals surface area contributed by atoms with Crippen molar-refractivity contribution in [1.82, 2.24) is 19.1 Å². The molecule has 0 bridgehead atoms. The maximum absolute atomic E-state index is 12.2. The molecule has 5 rings (SSSR count). The van der Waals surface area contributed by atoms with E-state index >= 15 is 0 Å². The van der Waals surface area contributed by atoms with E-state index in [0.717, 1.165) is 51.9 Å². The number of fused-ring (bicyclic) bond motifs is 1. The molecule has 1 aliphatic heterocycles. The van der Waals surface area contributed by atoms with Gasteiger partial charge in [-0.25, -0.2) is 12.7 Å². The van der Waals surface area contributed by atoms with E-state index in [4.69, 9.17) is 23.7 Å². The first-order valence-electron chi connectivity index (χ1n) is 12.2. The number of hydrogen-bond acceptors (Lipinski definition) is 7. The van der Waals surface area contributed by atoms with Gasteiger partial charge in [-0.2, -0.15) is 0 Å². The molecule has 2 unspecified atom stereocenters. The van der Waals surface area contributed by atoms with Crippen LogP contribution in [0, 0.1) is 5.92 Å². The van der Waals surface area contributed by atoms with E-state index in [1.54, 1.807) is 4.31 Å². The zero-order valence-electron chi connectivity index (χ0n) is 20.8. The van der Waals surface area contributed by atoms with Crippen LogP contribution in [0.25, 0.3) is 22.0 Å². The smallest absolute Gasteiger partial charge is 0.211 e. The van der Waals surface area contributed by atoms with Crippen LogP contribution in [0.3, 0.4) is 0 Å². The Balaban J connectivity index is 1.56. The Hall–Kier alpha value is -2.86. The fourth-order valence-electron chi connectivity index (χ4n) is 5.22. The van der Waals surface area contributed by atoms with Crippen molar-refractivity contribution in [3.63, 3.8) is 0 Å². The lowest BCUT2D eigenvalue weighted by Gasteiger charge is -2.36. The zero-order chi connectivity index (χ0) is 26.3. The van der Waals surface area contributed by atoms with Crippen LogP contribution in [-0.4, -0.2) is 51.8 Å². The molecule has 0 saturated carbocycles. The Kier molecular flexibility index (Phi) is 7.06. The monoisotopic (exact) mass is 554 g/mol. The summed E-state index contributed by atoms with van der Waals surface area (Å²) in [7, 11) is -3.22. The topological polar surface area (TPSA) is 120 Å². The Morgan fingerprint density at radius 2 is 2.00 bits per heavy atom. The Morgan fingerprint density at radius 1 is 1.19 bits per heavy atom. The number of nitrogens with two attached hydrogens (primary N) is 2. The molecule has 3 heterocycles. The number of piperidine rings is 1. The summed E-state index contributed by atoms with van der Waals surface area (Å²) in [5.41, 5.74) is 17.0. The van der Waals surface area contributed by atoms with Crippen LogP contribution >= 0.6 is 23.6 Å². The van der Waals surface area contributed by atoms with E-state index in [0.29, 0.717) is 23.2 Å². The molecule has 4 N–H and O–H groups in total. The van der Waals surface area contributed by atoms with Gasteiger partial charge in [-0.1, -0.05) is 60.8 Å². The van der Waals surface area contributed by atoms with Crippen molar-refractivity contribution >= 4 is 54.6 Å². The number of nitrogen functional groups attached to an aromatic ring is 1. The van der Waals surface area contributed by atoms with Gasteiger partial charge in [-0.3, -0.25) is 0 Å². The van der Waals surface area contributed by atoms with E-state index < -0.39 is 10.0 Å². The second-order valence-electron chi connectivity index (χ2n) is 9.73. The number of benzene rings is 2. The normalized spacial score (nSPS) is 18.9. The summed E-state index contributed by atoms with van der Waals surface area (Å²) in [6.07, 6.45) is 5.83. The number of hydrogen-bond donors (Lipinski definition) is 2. The molecular formula is C26H30N6O2S3. The molecule has 8 nitrogen and oxygen atoms in total. The van der Waals surface area contributed by atoms with Crippen molar-refractivity contribution in [1.29, 1.82) is 0 Å². The van der Waals surface area contributed by atoms with Crippen LogP contribution in [0.5, 0.6) is 0 Å². The fourth-order valence-corrected chi connectivity index (χ4v) is 6.90. The highest BCUT2D eigenvalue weighted by atomic mass is 32.2. The van der Waals surface area contributed by atoms with Crippen LogP contribution in [-0.2, 0) is 22.9 Å². The molecule has 1 aliphatic rings. The minimum absolute atomic E-state index is 0.155. The van der Waals surface area contributed by atoms with Gasteiger partial charge >= 0.3 is 0 Å². The molecule has 2 aromatic heterocycles. The molecule has 0 radical (unpaired) electrons. The second kappa shape index (κ2) is 10.1. The van der Waals surface area contributed by atoms with Gasteiger partial charge in [0.2, 0.25) is 15.2 Å². The lowest BCUT2D eigenvalue weighted by atomic mass is 9.95. The lowest BCUT2D eigenvalue weighted by molar-refractivity contribution is 0.206. The molecule has 0 amide bonds. The number of aromatic nitrogens is 3. The molecule has 194 valence electrons. The van der Waals surface area contributed by atoms with Crippen molar-refractivity contribution in [2.75, 3.05) is 25.1 Å². The van der Waals surface area contributed by atoms with Crippen LogP contribution in [0.1, 0.15) is 35.5 Å². The van der Waals surface area contributed by atoms with E-state index in [1.807, 2.05) is 18.2 Å². The minimum atomic E-state index is -3.22. The summed E-state index contributed by atoms with van der Waals surface area (Å²) in [6, 6.07) is 14.8. The maximum atomic E-state index is 12.2. The second-order valence-corrected chi connectivity index (χ2v) is 13.3. The first-order valence-corrected chi connectivity index (χ1v) is 15.2. The van der Waals surface area contributed by atoms with Crippen molar-refractivity contribution < 1.29 is 8.42 Å². The molecule has 1 saturated heterocycles. The number of nitrogens with zero attached hydrogens (tertiary/aromatic N) is 4. The molecule has 2 aromatic carbocycles. The SMILES string of the molecule is CC1CN(S(C)(=O)=O)CCC1n1cc(-c2cccc(C(N)=S)c2)c2ccc(CCc3nnc(N)s3)cc21. The number of sulfonamides is 1.